The zero-order chi connectivity index (χ0) is 17.5. The second kappa shape index (κ2) is 8.39. The summed E-state index contributed by atoms with van der Waals surface area (Å²) in [6.45, 7) is 5.90. The van der Waals surface area contributed by atoms with E-state index in [1.165, 1.54) is 0 Å². The number of amides is 1. The van der Waals surface area contributed by atoms with Gasteiger partial charge in [-0.15, -0.1) is 0 Å². The van der Waals surface area contributed by atoms with E-state index in [-0.39, 0.29) is 11.9 Å². The molecule has 0 saturated heterocycles. The van der Waals surface area contributed by atoms with Crippen LogP contribution in [0.5, 0.6) is 11.5 Å². The van der Waals surface area contributed by atoms with Gasteiger partial charge in [-0.3, -0.25) is 4.79 Å². The number of rotatable bonds is 7. The average Bonchev–Trinajstić information content (AvgIpc) is 2.59. The van der Waals surface area contributed by atoms with Gasteiger partial charge in [-0.05, 0) is 55.7 Å². The summed E-state index contributed by atoms with van der Waals surface area (Å²) in [6, 6.07) is 15.3. The minimum Gasteiger partial charge on any atom is -0.497 e. The van der Waals surface area contributed by atoms with Gasteiger partial charge in [-0.1, -0.05) is 31.2 Å². The third-order valence-corrected chi connectivity index (χ3v) is 3.91. The standard InChI is InChI=1S/C20H25NO3/c1-5-19(24-18-8-6-7-14(2)13-18)20(22)21-15(3)16-9-11-17(23-4)12-10-16/h6-13,15,19H,5H2,1-4H3,(H,21,22)/t15-,19-/m1/s1. The maximum absolute atomic E-state index is 12.5. The van der Waals surface area contributed by atoms with Crippen LogP contribution in [0.15, 0.2) is 48.5 Å². The molecule has 0 aliphatic carbocycles. The molecule has 0 fully saturated rings. The molecule has 4 nitrogen and oxygen atoms in total. The van der Waals surface area contributed by atoms with Crippen LogP contribution in [0.3, 0.4) is 0 Å². The molecule has 0 aromatic heterocycles. The molecule has 1 N–H and O–H groups in total. The Bertz CT molecular complexity index is 667. The quantitative estimate of drug-likeness (QED) is 0.835. The molecule has 4 heteroatoms. The van der Waals surface area contributed by atoms with Gasteiger partial charge < -0.3 is 14.8 Å². The van der Waals surface area contributed by atoms with Crippen LogP contribution < -0.4 is 14.8 Å². The zero-order valence-corrected chi connectivity index (χ0v) is 14.7. The Morgan fingerprint density at radius 1 is 1.12 bits per heavy atom. The maximum Gasteiger partial charge on any atom is 0.261 e. The number of benzene rings is 2. The van der Waals surface area contributed by atoms with Crippen molar-refractivity contribution in [2.24, 2.45) is 0 Å². The Labute approximate surface area is 143 Å². The summed E-state index contributed by atoms with van der Waals surface area (Å²) in [7, 11) is 1.63. The summed E-state index contributed by atoms with van der Waals surface area (Å²) in [5.74, 6) is 1.41. The molecular formula is C20H25NO3. The highest BCUT2D eigenvalue weighted by Gasteiger charge is 2.20. The van der Waals surface area contributed by atoms with Crippen molar-refractivity contribution >= 4 is 5.91 Å². The molecule has 2 aromatic rings. The van der Waals surface area contributed by atoms with E-state index in [0.29, 0.717) is 12.2 Å². The predicted molar refractivity (Wildman–Crippen MR) is 95.4 cm³/mol. The summed E-state index contributed by atoms with van der Waals surface area (Å²) in [5.41, 5.74) is 2.13. The molecule has 0 heterocycles. The number of hydrogen-bond acceptors (Lipinski definition) is 3. The van der Waals surface area contributed by atoms with Gasteiger partial charge in [0.2, 0.25) is 0 Å². The molecule has 24 heavy (non-hydrogen) atoms. The highest BCUT2D eigenvalue weighted by atomic mass is 16.5. The number of methoxy groups -OCH3 is 1. The SMILES string of the molecule is CC[C@@H](Oc1cccc(C)c1)C(=O)N[C@H](C)c1ccc(OC)cc1. The van der Waals surface area contributed by atoms with Crippen molar-refractivity contribution in [2.45, 2.75) is 39.3 Å². The summed E-state index contributed by atoms with van der Waals surface area (Å²) in [4.78, 5) is 12.5. The minimum atomic E-state index is -0.507. The second-order valence-corrected chi connectivity index (χ2v) is 5.83. The summed E-state index contributed by atoms with van der Waals surface area (Å²) >= 11 is 0. The van der Waals surface area contributed by atoms with Crippen LogP contribution in [0, 0.1) is 6.92 Å². The van der Waals surface area contributed by atoms with E-state index in [4.69, 9.17) is 9.47 Å². The number of aryl methyl sites for hydroxylation is 1. The highest BCUT2D eigenvalue weighted by Crippen LogP contribution is 2.19. The Balaban J connectivity index is 1.99. The predicted octanol–water partition coefficient (Wildman–Crippen LogP) is 4.04. The molecule has 0 spiro atoms. The summed E-state index contributed by atoms with van der Waals surface area (Å²) in [5, 5.41) is 3.01. The second-order valence-electron chi connectivity index (χ2n) is 5.83. The van der Waals surface area contributed by atoms with Crippen molar-refractivity contribution in [3.05, 3.63) is 59.7 Å². The Hall–Kier alpha value is -2.49. The lowest BCUT2D eigenvalue weighted by Crippen LogP contribution is -2.39. The summed E-state index contributed by atoms with van der Waals surface area (Å²) < 4.78 is 11.0. The van der Waals surface area contributed by atoms with Crippen LogP contribution in [0.4, 0.5) is 0 Å². The minimum absolute atomic E-state index is 0.0986. The lowest BCUT2D eigenvalue weighted by Gasteiger charge is -2.21. The molecule has 0 aliphatic heterocycles. The number of hydrogen-bond donors (Lipinski definition) is 1. The zero-order valence-electron chi connectivity index (χ0n) is 14.7. The van der Waals surface area contributed by atoms with Crippen molar-refractivity contribution in [3.63, 3.8) is 0 Å². The molecule has 0 radical (unpaired) electrons. The third kappa shape index (κ3) is 4.75. The fraction of sp³-hybridized carbons (Fsp3) is 0.350. The number of ether oxygens (including phenoxy) is 2. The topological polar surface area (TPSA) is 47.6 Å². The fourth-order valence-corrected chi connectivity index (χ4v) is 2.46. The van der Waals surface area contributed by atoms with Gasteiger partial charge in [0.1, 0.15) is 11.5 Å². The molecular weight excluding hydrogens is 302 g/mol. The molecule has 0 aliphatic rings. The lowest BCUT2D eigenvalue weighted by atomic mass is 10.1. The van der Waals surface area contributed by atoms with E-state index in [0.717, 1.165) is 16.9 Å². The Morgan fingerprint density at radius 2 is 1.83 bits per heavy atom. The van der Waals surface area contributed by atoms with Crippen molar-refractivity contribution in [2.75, 3.05) is 7.11 Å². The summed E-state index contributed by atoms with van der Waals surface area (Å²) in [6.07, 6.45) is 0.0993. The average molecular weight is 327 g/mol. The normalized spacial score (nSPS) is 13.0. The Kier molecular flexibility index (Phi) is 6.24. The number of carbonyl (C=O) groups excluding carboxylic acids is 1. The molecule has 128 valence electrons. The van der Waals surface area contributed by atoms with Crippen LogP contribution in [-0.4, -0.2) is 19.1 Å². The molecule has 0 bridgehead atoms. The van der Waals surface area contributed by atoms with Gasteiger partial charge in [-0.25, -0.2) is 0 Å². The Morgan fingerprint density at radius 3 is 2.42 bits per heavy atom. The maximum atomic E-state index is 12.5. The van der Waals surface area contributed by atoms with E-state index < -0.39 is 6.10 Å². The first-order chi connectivity index (χ1) is 11.5. The lowest BCUT2D eigenvalue weighted by molar-refractivity contribution is -0.128. The number of carbonyl (C=O) groups is 1. The smallest absolute Gasteiger partial charge is 0.261 e. The first-order valence-electron chi connectivity index (χ1n) is 8.21. The van der Waals surface area contributed by atoms with Crippen LogP contribution in [0.25, 0.3) is 0 Å². The molecule has 2 atom stereocenters. The van der Waals surface area contributed by atoms with Crippen molar-refractivity contribution in [3.8, 4) is 11.5 Å². The van der Waals surface area contributed by atoms with Crippen molar-refractivity contribution in [1.82, 2.24) is 5.32 Å². The van der Waals surface area contributed by atoms with Crippen LogP contribution in [0.1, 0.15) is 37.4 Å². The molecule has 0 unspecified atom stereocenters. The van der Waals surface area contributed by atoms with Crippen LogP contribution in [0.2, 0.25) is 0 Å². The van der Waals surface area contributed by atoms with E-state index in [1.807, 2.05) is 69.3 Å². The van der Waals surface area contributed by atoms with Crippen LogP contribution in [-0.2, 0) is 4.79 Å². The molecule has 1 amide bonds. The van der Waals surface area contributed by atoms with Crippen LogP contribution >= 0.6 is 0 Å². The fourth-order valence-electron chi connectivity index (χ4n) is 2.46. The van der Waals surface area contributed by atoms with Gasteiger partial charge in [0.05, 0.1) is 13.2 Å². The monoisotopic (exact) mass is 327 g/mol. The van der Waals surface area contributed by atoms with Crippen molar-refractivity contribution in [1.29, 1.82) is 0 Å². The van der Waals surface area contributed by atoms with Gasteiger partial charge in [0, 0.05) is 0 Å². The van der Waals surface area contributed by atoms with E-state index in [1.54, 1.807) is 7.11 Å². The number of nitrogens with one attached hydrogen (secondary N) is 1. The van der Waals surface area contributed by atoms with Gasteiger partial charge >= 0.3 is 0 Å². The molecule has 2 aromatic carbocycles. The molecule has 0 saturated carbocycles. The largest absolute Gasteiger partial charge is 0.497 e. The first kappa shape index (κ1) is 17.9. The van der Waals surface area contributed by atoms with E-state index >= 15 is 0 Å². The first-order valence-corrected chi connectivity index (χ1v) is 8.21. The third-order valence-electron chi connectivity index (χ3n) is 3.91. The van der Waals surface area contributed by atoms with Gasteiger partial charge in [0.15, 0.2) is 6.10 Å². The van der Waals surface area contributed by atoms with E-state index in [9.17, 15) is 4.79 Å². The highest BCUT2D eigenvalue weighted by molar-refractivity contribution is 5.81. The van der Waals surface area contributed by atoms with Crippen molar-refractivity contribution < 1.29 is 14.3 Å². The van der Waals surface area contributed by atoms with Gasteiger partial charge in [-0.2, -0.15) is 0 Å². The molecule has 2 rings (SSSR count). The van der Waals surface area contributed by atoms with E-state index in [2.05, 4.69) is 5.32 Å². The van der Waals surface area contributed by atoms with Gasteiger partial charge in [0.25, 0.3) is 5.91 Å².